The molecule has 6 heteroatoms. The molecule has 0 saturated carbocycles. The molecule has 0 heterocycles. The Kier molecular flexibility index (Phi) is 7.49. The second kappa shape index (κ2) is 9.60. The Morgan fingerprint density at radius 3 is 2.58 bits per heavy atom. The van der Waals surface area contributed by atoms with E-state index in [2.05, 4.69) is 19.2 Å². The van der Waals surface area contributed by atoms with E-state index < -0.39 is 5.97 Å². The molecule has 1 amide bonds. The van der Waals surface area contributed by atoms with Crippen LogP contribution in [0.15, 0.2) is 42.5 Å². The molecule has 0 radical (unpaired) electrons. The lowest BCUT2D eigenvalue weighted by Gasteiger charge is -2.15. The van der Waals surface area contributed by atoms with Gasteiger partial charge in [-0.25, -0.2) is 0 Å². The van der Waals surface area contributed by atoms with Gasteiger partial charge in [0.15, 0.2) is 6.61 Å². The van der Waals surface area contributed by atoms with Gasteiger partial charge >= 0.3 is 5.97 Å². The largest absolute Gasteiger partial charge is 0.455 e. The summed E-state index contributed by atoms with van der Waals surface area (Å²) in [5.41, 5.74) is 2.40. The van der Waals surface area contributed by atoms with Crippen molar-refractivity contribution in [2.45, 2.75) is 32.6 Å². The molecule has 1 atom stereocenters. The SMILES string of the molecule is CC[C@@H](C)c1ccccc1NC(=O)COC(=O)Cc1ccc(Cl)cc1Cl. The molecule has 0 spiro atoms. The standard InChI is InChI=1S/C20H21Cl2NO3/c1-3-13(2)16-6-4-5-7-18(16)23-19(24)12-26-20(25)10-14-8-9-15(21)11-17(14)22/h4-9,11,13H,3,10,12H2,1-2H3,(H,23,24)/t13-/m1/s1. The normalized spacial score (nSPS) is 11.7. The Balaban J connectivity index is 1.90. The molecule has 0 saturated heterocycles. The maximum Gasteiger partial charge on any atom is 0.310 e. The molecule has 138 valence electrons. The zero-order valence-electron chi connectivity index (χ0n) is 14.7. The highest BCUT2D eigenvalue weighted by Crippen LogP contribution is 2.26. The number of nitrogens with one attached hydrogen (secondary N) is 1. The number of esters is 1. The number of amides is 1. The molecule has 0 aromatic heterocycles. The van der Waals surface area contributed by atoms with E-state index in [0.717, 1.165) is 17.7 Å². The minimum atomic E-state index is -0.528. The summed E-state index contributed by atoms with van der Waals surface area (Å²) < 4.78 is 5.05. The van der Waals surface area contributed by atoms with Crippen molar-refractivity contribution in [3.05, 3.63) is 63.6 Å². The van der Waals surface area contributed by atoms with E-state index >= 15 is 0 Å². The first-order valence-electron chi connectivity index (χ1n) is 8.39. The first-order valence-corrected chi connectivity index (χ1v) is 9.14. The summed E-state index contributed by atoms with van der Waals surface area (Å²) in [4.78, 5) is 24.0. The zero-order chi connectivity index (χ0) is 19.1. The molecule has 26 heavy (non-hydrogen) atoms. The van der Waals surface area contributed by atoms with Crippen LogP contribution in [0.2, 0.25) is 10.0 Å². The number of hydrogen-bond acceptors (Lipinski definition) is 3. The van der Waals surface area contributed by atoms with Crippen LogP contribution in [0.25, 0.3) is 0 Å². The summed E-state index contributed by atoms with van der Waals surface area (Å²) in [6.45, 7) is 3.84. The van der Waals surface area contributed by atoms with Gasteiger partial charge in [-0.05, 0) is 41.7 Å². The number of benzene rings is 2. The van der Waals surface area contributed by atoms with E-state index in [4.69, 9.17) is 27.9 Å². The van der Waals surface area contributed by atoms with Crippen LogP contribution in [0, 0.1) is 0 Å². The highest BCUT2D eigenvalue weighted by atomic mass is 35.5. The van der Waals surface area contributed by atoms with Crippen LogP contribution in [0.3, 0.4) is 0 Å². The van der Waals surface area contributed by atoms with Gasteiger partial charge in [-0.2, -0.15) is 0 Å². The average Bonchev–Trinajstić information content (AvgIpc) is 2.62. The van der Waals surface area contributed by atoms with Gasteiger partial charge in [0.05, 0.1) is 6.42 Å². The molecule has 0 aliphatic rings. The van der Waals surface area contributed by atoms with Crippen LogP contribution in [0.5, 0.6) is 0 Å². The minimum Gasteiger partial charge on any atom is -0.455 e. The minimum absolute atomic E-state index is 0.0211. The highest BCUT2D eigenvalue weighted by Gasteiger charge is 2.14. The first kappa shape index (κ1) is 20.3. The topological polar surface area (TPSA) is 55.4 Å². The lowest BCUT2D eigenvalue weighted by atomic mass is 9.97. The van der Waals surface area contributed by atoms with Crippen LogP contribution in [-0.4, -0.2) is 18.5 Å². The Bertz CT molecular complexity index is 792. The molecule has 2 rings (SSSR count). The van der Waals surface area contributed by atoms with Gasteiger partial charge in [-0.15, -0.1) is 0 Å². The average molecular weight is 394 g/mol. The fraction of sp³-hybridized carbons (Fsp3) is 0.300. The molecule has 0 bridgehead atoms. The molecular formula is C20H21Cl2NO3. The van der Waals surface area contributed by atoms with Gasteiger partial charge in [0.1, 0.15) is 0 Å². The summed E-state index contributed by atoms with van der Waals surface area (Å²) in [7, 11) is 0. The lowest BCUT2D eigenvalue weighted by Crippen LogP contribution is -2.22. The molecule has 4 nitrogen and oxygen atoms in total. The summed E-state index contributed by atoms with van der Waals surface area (Å²) in [6, 6.07) is 12.5. The van der Waals surface area contributed by atoms with Crippen LogP contribution in [0.1, 0.15) is 37.3 Å². The highest BCUT2D eigenvalue weighted by molar-refractivity contribution is 6.35. The lowest BCUT2D eigenvalue weighted by molar-refractivity contribution is -0.146. The number of rotatable bonds is 7. The molecule has 0 unspecified atom stereocenters. The van der Waals surface area contributed by atoms with Gasteiger partial charge in [-0.1, -0.05) is 61.3 Å². The number of hydrogen-bond donors (Lipinski definition) is 1. The summed E-state index contributed by atoms with van der Waals surface area (Å²) in [6.07, 6.45) is 0.941. The van der Waals surface area contributed by atoms with Crippen molar-refractivity contribution in [3.63, 3.8) is 0 Å². The monoisotopic (exact) mass is 393 g/mol. The fourth-order valence-electron chi connectivity index (χ4n) is 2.46. The Morgan fingerprint density at radius 2 is 1.88 bits per heavy atom. The number of carbonyl (C=O) groups is 2. The van der Waals surface area contributed by atoms with E-state index in [1.807, 2.05) is 24.3 Å². The number of para-hydroxylation sites is 1. The summed E-state index contributed by atoms with van der Waals surface area (Å²) in [5, 5.41) is 3.69. The molecule has 0 aliphatic heterocycles. The number of halogens is 2. The number of anilines is 1. The van der Waals surface area contributed by atoms with E-state index in [9.17, 15) is 9.59 Å². The third kappa shape index (κ3) is 5.75. The van der Waals surface area contributed by atoms with Crippen LogP contribution in [0.4, 0.5) is 5.69 Å². The maximum atomic E-state index is 12.1. The van der Waals surface area contributed by atoms with Crippen molar-refractivity contribution in [3.8, 4) is 0 Å². The molecule has 2 aromatic carbocycles. The van der Waals surface area contributed by atoms with E-state index in [1.54, 1.807) is 18.2 Å². The molecule has 0 aliphatic carbocycles. The first-order chi connectivity index (χ1) is 12.4. The van der Waals surface area contributed by atoms with Gasteiger partial charge in [0.2, 0.25) is 0 Å². The van der Waals surface area contributed by atoms with Crippen LogP contribution in [-0.2, 0) is 20.7 Å². The predicted molar refractivity (Wildman–Crippen MR) is 105 cm³/mol. The Hall–Kier alpha value is -2.04. The summed E-state index contributed by atoms with van der Waals surface area (Å²) in [5.74, 6) is -0.586. The fourth-order valence-corrected chi connectivity index (χ4v) is 2.94. The van der Waals surface area contributed by atoms with Crippen molar-refractivity contribution in [2.75, 3.05) is 11.9 Å². The predicted octanol–water partition coefficient (Wildman–Crippen LogP) is 5.23. The van der Waals surface area contributed by atoms with E-state index in [0.29, 0.717) is 21.5 Å². The molecule has 2 aromatic rings. The quantitative estimate of drug-likeness (QED) is 0.654. The Morgan fingerprint density at radius 1 is 1.15 bits per heavy atom. The van der Waals surface area contributed by atoms with Crippen molar-refractivity contribution >= 4 is 40.8 Å². The second-order valence-electron chi connectivity index (χ2n) is 6.02. The van der Waals surface area contributed by atoms with E-state index in [1.165, 1.54) is 0 Å². The molecule has 1 N–H and O–H groups in total. The van der Waals surface area contributed by atoms with Gasteiger partial charge in [-0.3, -0.25) is 9.59 Å². The molecule has 0 fully saturated rings. The van der Waals surface area contributed by atoms with E-state index in [-0.39, 0.29) is 18.9 Å². The Labute approximate surface area is 163 Å². The second-order valence-corrected chi connectivity index (χ2v) is 6.86. The number of carbonyl (C=O) groups excluding carboxylic acids is 2. The third-order valence-electron chi connectivity index (χ3n) is 4.09. The van der Waals surface area contributed by atoms with Crippen molar-refractivity contribution in [1.29, 1.82) is 0 Å². The van der Waals surface area contributed by atoms with Crippen LogP contribution >= 0.6 is 23.2 Å². The van der Waals surface area contributed by atoms with Gasteiger partial charge < -0.3 is 10.1 Å². The van der Waals surface area contributed by atoms with Crippen molar-refractivity contribution < 1.29 is 14.3 Å². The van der Waals surface area contributed by atoms with Gasteiger partial charge in [0.25, 0.3) is 5.91 Å². The van der Waals surface area contributed by atoms with Gasteiger partial charge in [0, 0.05) is 15.7 Å². The molecular weight excluding hydrogens is 373 g/mol. The summed E-state index contributed by atoms with van der Waals surface area (Å²) >= 11 is 11.9. The zero-order valence-corrected chi connectivity index (χ0v) is 16.2. The van der Waals surface area contributed by atoms with Crippen molar-refractivity contribution in [2.24, 2.45) is 0 Å². The van der Waals surface area contributed by atoms with Crippen molar-refractivity contribution in [1.82, 2.24) is 0 Å². The van der Waals surface area contributed by atoms with Crippen LogP contribution < -0.4 is 5.32 Å². The third-order valence-corrected chi connectivity index (χ3v) is 4.68. The number of ether oxygens (including phenoxy) is 1. The maximum absolute atomic E-state index is 12.1. The smallest absolute Gasteiger partial charge is 0.310 e.